The summed E-state index contributed by atoms with van der Waals surface area (Å²) in [5.74, 6) is -4.96. The molecule has 16 N–H and O–H groups in total. The van der Waals surface area contributed by atoms with E-state index < -0.39 is 72.1 Å². The molecular weight excluding hydrogens is 718 g/mol. The molecule has 3 unspecified atom stereocenters. The van der Waals surface area contributed by atoms with E-state index in [1.165, 1.54) is 11.8 Å². The molecule has 1 saturated heterocycles. The van der Waals surface area contributed by atoms with Crippen molar-refractivity contribution in [1.29, 1.82) is 5.41 Å². The van der Waals surface area contributed by atoms with E-state index in [2.05, 4.69) is 37.2 Å². The summed E-state index contributed by atoms with van der Waals surface area (Å²) in [4.78, 5) is 104. The third-order valence-corrected chi connectivity index (χ3v) is 8.72. The van der Waals surface area contributed by atoms with E-state index in [1.54, 1.807) is 0 Å². The predicted octanol–water partition coefficient (Wildman–Crippen LogP) is -3.04. The van der Waals surface area contributed by atoms with Gasteiger partial charge in [0.2, 0.25) is 41.4 Å². The van der Waals surface area contributed by atoms with Crippen molar-refractivity contribution in [2.75, 3.05) is 39.3 Å². The van der Waals surface area contributed by atoms with Gasteiger partial charge in [-0.3, -0.25) is 39.0 Å². The fraction of sp³-hybridized carbons (Fsp3) is 0.735. The summed E-state index contributed by atoms with van der Waals surface area (Å²) in [6.45, 7) is 2.12. The highest BCUT2D eigenvalue weighted by molar-refractivity contribution is 5.95. The zero-order chi connectivity index (χ0) is 41.2. The largest absolute Gasteiger partial charge is 0.370 e. The maximum absolute atomic E-state index is 14.2. The van der Waals surface area contributed by atoms with Gasteiger partial charge in [-0.2, -0.15) is 0 Å². The normalized spacial score (nSPS) is 20.9. The van der Waals surface area contributed by atoms with Crippen LogP contribution in [0.15, 0.2) is 0 Å². The van der Waals surface area contributed by atoms with Crippen molar-refractivity contribution in [3.05, 3.63) is 0 Å². The van der Waals surface area contributed by atoms with Crippen molar-refractivity contribution in [2.24, 2.45) is 22.9 Å². The Morgan fingerprint density at radius 1 is 0.800 bits per heavy atom. The number of guanidine groups is 1. The Labute approximate surface area is 322 Å². The Kier molecular flexibility index (Phi) is 23.8. The summed E-state index contributed by atoms with van der Waals surface area (Å²) in [5.41, 5.74) is 21.7. The number of nitrogens with zero attached hydrogens (tertiary/aromatic N) is 1. The number of urea groups is 1. The van der Waals surface area contributed by atoms with E-state index in [1.807, 2.05) is 0 Å². The van der Waals surface area contributed by atoms with E-state index >= 15 is 0 Å². The van der Waals surface area contributed by atoms with Gasteiger partial charge in [-0.05, 0) is 77.7 Å². The van der Waals surface area contributed by atoms with E-state index in [0.717, 1.165) is 6.42 Å². The van der Waals surface area contributed by atoms with E-state index in [0.29, 0.717) is 58.0 Å². The minimum absolute atomic E-state index is 0.0309. The van der Waals surface area contributed by atoms with Gasteiger partial charge in [0.15, 0.2) is 5.96 Å². The molecule has 55 heavy (non-hydrogen) atoms. The average molecular weight is 782 g/mol. The molecule has 0 radical (unpaired) electrons. The Morgan fingerprint density at radius 3 is 2.02 bits per heavy atom. The summed E-state index contributed by atoms with van der Waals surface area (Å²) in [7, 11) is 0. The molecule has 0 aromatic rings. The van der Waals surface area contributed by atoms with Crippen molar-refractivity contribution in [3.63, 3.8) is 0 Å². The Hall–Kier alpha value is -5.21. The Balaban J connectivity index is 3.50. The zero-order valence-corrected chi connectivity index (χ0v) is 32.0. The molecule has 1 rings (SSSR count). The highest BCUT2D eigenvalue weighted by atomic mass is 16.2. The second-order valence-electron chi connectivity index (χ2n) is 13.5. The number of nitrogens with two attached hydrogens (primary N) is 4. The molecular formula is C34H63N13O8. The smallest absolute Gasteiger partial charge is 0.314 e. The van der Waals surface area contributed by atoms with Gasteiger partial charge < -0.3 is 65.1 Å². The van der Waals surface area contributed by atoms with Gasteiger partial charge in [0, 0.05) is 39.0 Å². The summed E-state index contributed by atoms with van der Waals surface area (Å²) >= 11 is 0. The maximum atomic E-state index is 14.2. The van der Waals surface area contributed by atoms with Crippen LogP contribution in [0.2, 0.25) is 0 Å². The van der Waals surface area contributed by atoms with Crippen LogP contribution >= 0.6 is 0 Å². The van der Waals surface area contributed by atoms with Crippen LogP contribution in [0.4, 0.5) is 4.79 Å². The summed E-state index contributed by atoms with van der Waals surface area (Å²) in [6.07, 6.45) is 4.53. The van der Waals surface area contributed by atoms with Gasteiger partial charge in [0.1, 0.15) is 24.2 Å². The number of amides is 9. The lowest BCUT2D eigenvalue weighted by molar-refractivity contribution is -0.140. The van der Waals surface area contributed by atoms with Crippen molar-refractivity contribution in [1.82, 2.24) is 42.1 Å². The van der Waals surface area contributed by atoms with Crippen molar-refractivity contribution in [2.45, 2.75) is 121 Å². The summed E-state index contributed by atoms with van der Waals surface area (Å²) < 4.78 is 0. The molecule has 1 aliphatic rings. The minimum Gasteiger partial charge on any atom is -0.370 e. The third-order valence-electron chi connectivity index (χ3n) is 8.72. The molecule has 9 amide bonds. The lowest BCUT2D eigenvalue weighted by Gasteiger charge is -2.30. The molecule has 1 fully saturated rings. The lowest BCUT2D eigenvalue weighted by atomic mass is 10.0. The highest BCUT2D eigenvalue weighted by Gasteiger charge is 2.32. The van der Waals surface area contributed by atoms with Crippen molar-refractivity contribution >= 4 is 53.3 Å². The Morgan fingerprint density at radius 2 is 1.40 bits per heavy atom. The predicted molar refractivity (Wildman–Crippen MR) is 203 cm³/mol. The first-order valence-electron chi connectivity index (χ1n) is 19.0. The quantitative estimate of drug-likeness (QED) is 0.0450. The number of unbranched alkanes of at least 4 members (excludes halogenated alkanes) is 1. The first-order valence-corrected chi connectivity index (χ1v) is 19.0. The number of primary amides is 2. The number of carbonyl (C=O) groups excluding carboxylic acids is 8. The molecule has 0 aliphatic carbocycles. The van der Waals surface area contributed by atoms with Crippen LogP contribution in [0.1, 0.15) is 96.8 Å². The summed E-state index contributed by atoms with van der Waals surface area (Å²) in [5, 5.41) is 26.1. The van der Waals surface area contributed by atoms with Crippen molar-refractivity contribution in [3.8, 4) is 0 Å². The topological polar surface area (TPSA) is 352 Å². The van der Waals surface area contributed by atoms with E-state index in [9.17, 15) is 38.4 Å². The monoisotopic (exact) mass is 781 g/mol. The second kappa shape index (κ2) is 27.4. The van der Waals surface area contributed by atoms with Crippen LogP contribution in [0.5, 0.6) is 0 Å². The van der Waals surface area contributed by atoms with Gasteiger partial charge in [-0.1, -0.05) is 12.8 Å². The molecule has 21 nitrogen and oxygen atoms in total. The lowest BCUT2D eigenvalue weighted by Crippen LogP contribution is -2.58. The third kappa shape index (κ3) is 21.9. The standard InChI is InChI=1S/C34H63N13O8/c1-22(29(37)51)43-28(50)21-47-20-9-8-18-42-34(55)41-17-7-3-2-4-13-27(49)44-24(14-15-26(36)48)31(53)45-23(11-5-6-16-35)30(52)46-25(32(47)54)12-10-19-40-33(38)39/h22-25H,2-21,35H2,1H3,(H2,36,48)(H2,37,51)(H,43,50)(H,44,49)(H,45,53)(H,46,52)(H4,38,39,40)(H2,41,42,55)/t22?,23-,24?,25?/m0/s1. The molecule has 1 heterocycles. The van der Waals surface area contributed by atoms with Crippen LogP contribution in [0.3, 0.4) is 0 Å². The second-order valence-corrected chi connectivity index (χ2v) is 13.5. The number of hydrogen-bond donors (Lipinski definition) is 12. The molecule has 0 aromatic heterocycles. The average Bonchev–Trinajstić information content (AvgIpc) is 3.11. The fourth-order valence-corrected chi connectivity index (χ4v) is 5.59. The van der Waals surface area contributed by atoms with Gasteiger partial charge in [0.25, 0.3) is 0 Å². The minimum atomic E-state index is -1.23. The van der Waals surface area contributed by atoms with E-state index in [4.69, 9.17) is 28.3 Å². The van der Waals surface area contributed by atoms with Crippen LogP contribution in [-0.2, 0) is 33.6 Å². The maximum Gasteiger partial charge on any atom is 0.314 e. The molecule has 1 aliphatic heterocycles. The van der Waals surface area contributed by atoms with Crippen LogP contribution in [0, 0.1) is 5.41 Å². The van der Waals surface area contributed by atoms with Crippen molar-refractivity contribution < 1.29 is 38.4 Å². The van der Waals surface area contributed by atoms with Crippen LogP contribution in [0.25, 0.3) is 0 Å². The summed E-state index contributed by atoms with van der Waals surface area (Å²) in [6, 6.07) is -5.00. The number of rotatable bonds is 15. The van der Waals surface area contributed by atoms with Gasteiger partial charge >= 0.3 is 6.03 Å². The Bertz CT molecular complexity index is 1300. The molecule has 21 heteroatoms. The molecule has 0 bridgehead atoms. The fourth-order valence-electron chi connectivity index (χ4n) is 5.59. The van der Waals surface area contributed by atoms with Gasteiger partial charge in [0.05, 0.1) is 6.54 Å². The van der Waals surface area contributed by atoms with Gasteiger partial charge in [-0.15, -0.1) is 0 Å². The molecule has 312 valence electrons. The van der Waals surface area contributed by atoms with Crippen LogP contribution < -0.4 is 60.2 Å². The molecule has 0 saturated carbocycles. The zero-order valence-electron chi connectivity index (χ0n) is 32.0. The highest BCUT2D eigenvalue weighted by Crippen LogP contribution is 2.10. The van der Waals surface area contributed by atoms with Crippen LogP contribution in [-0.4, -0.2) is 122 Å². The number of hydrogen-bond acceptors (Lipinski definition) is 10. The first kappa shape index (κ1) is 47.8. The first-order chi connectivity index (χ1) is 26.1. The van der Waals surface area contributed by atoms with Gasteiger partial charge in [-0.25, -0.2) is 4.79 Å². The molecule has 4 atom stereocenters. The molecule has 0 aromatic carbocycles. The molecule has 0 spiro atoms. The SMILES string of the molecule is CC(NC(=O)CN1CCCCNC(=O)NCCCCCCC(=O)NC(CCC(N)=O)C(=O)N[C@@H](CCCCN)C(=O)NC(CCCNC(=N)N)C1=O)C(N)=O. The van der Waals surface area contributed by atoms with E-state index in [-0.39, 0.29) is 70.1 Å². The number of nitrogens with one attached hydrogen (secondary N) is 8. The number of carbonyl (C=O) groups is 8.